The Morgan fingerprint density at radius 3 is 2.60 bits per heavy atom. The van der Waals surface area contributed by atoms with E-state index in [1.807, 2.05) is 42.3 Å². The molecule has 2 aromatic rings. The summed E-state index contributed by atoms with van der Waals surface area (Å²) in [6, 6.07) is 13.4. The molecule has 1 N–H and O–H groups in total. The number of benzene rings is 2. The van der Waals surface area contributed by atoms with Crippen molar-refractivity contribution in [1.82, 2.24) is 0 Å². The number of nitrogens with zero attached hydrogens (tertiary/aromatic N) is 1. The summed E-state index contributed by atoms with van der Waals surface area (Å²) in [5.74, 6) is -0.653. The Morgan fingerprint density at radius 1 is 1.25 bits per heavy atom. The van der Waals surface area contributed by atoms with Crippen molar-refractivity contribution in [3.8, 4) is 0 Å². The van der Waals surface area contributed by atoms with Crippen LogP contribution in [0, 0.1) is 5.82 Å². The number of carbonyl (C=O) groups is 1. The molecule has 0 aliphatic carbocycles. The van der Waals surface area contributed by atoms with Crippen LogP contribution in [0.1, 0.15) is 0 Å². The van der Waals surface area contributed by atoms with Crippen LogP contribution < -0.4 is 10.2 Å². The minimum Gasteiger partial charge on any atom is -0.365 e. The summed E-state index contributed by atoms with van der Waals surface area (Å²) in [6.07, 6.45) is 0. The van der Waals surface area contributed by atoms with E-state index >= 15 is 0 Å². The lowest BCUT2D eigenvalue weighted by molar-refractivity contribution is -0.114. The molecule has 0 saturated carbocycles. The van der Waals surface area contributed by atoms with Crippen molar-refractivity contribution in [2.75, 3.05) is 23.8 Å². The molecule has 0 aliphatic heterocycles. The molecule has 0 aliphatic rings. The Morgan fingerprint density at radius 2 is 1.95 bits per heavy atom. The zero-order valence-electron chi connectivity index (χ0n) is 10.9. The second kappa shape index (κ2) is 6.39. The molecule has 0 saturated heterocycles. The van der Waals surface area contributed by atoms with Crippen LogP contribution in [-0.2, 0) is 4.79 Å². The highest BCUT2D eigenvalue weighted by molar-refractivity contribution is 6.33. The van der Waals surface area contributed by atoms with E-state index in [2.05, 4.69) is 5.32 Å². The van der Waals surface area contributed by atoms with Crippen molar-refractivity contribution in [3.63, 3.8) is 0 Å². The van der Waals surface area contributed by atoms with Crippen LogP contribution >= 0.6 is 11.6 Å². The first-order valence-corrected chi connectivity index (χ1v) is 6.45. The van der Waals surface area contributed by atoms with Crippen LogP contribution in [0.2, 0.25) is 5.02 Å². The molecular weight excluding hydrogens is 279 g/mol. The highest BCUT2D eigenvalue weighted by atomic mass is 35.5. The fourth-order valence-corrected chi connectivity index (χ4v) is 1.98. The predicted molar refractivity (Wildman–Crippen MR) is 79.8 cm³/mol. The van der Waals surface area contributed by atoms with E-state index in [-0.39, 0.29) is 17.5 Å². The maximum Gasteiger partial charge on any atom is 0.243 e. The molecule has 2 aromatic carbocycles. The third kappa shape index (κ3) is 3.71. The zero-order chi connectivity index (χ0) is 14.5. The van der Waals surface area contributed by atoms with Crippen molar-refractivity contribution in [1.29, 1.82) is 0 Å². The molecule has 104 valence electrons. The Labute approximate surface area is 122 Å². The SMILES string of the molecule is CN(CC(=O)Nc1ccc(F)cc1Cl)c1ccccc1. The second-order valence-corrected chi connectivity index (χ2v) is 4.77. The van der Waals surface area contributed by atoms with Crippen LogP contribution in [0.15, 0.2) is 48.5 Å². The number of carbonyl (C=O) groups excluding carboxylic acids is 1. The quantitative estimate of drug-likeness (QED) is 0.934. The van der Waals surface area contributed by atoms with Gasteiger partial charge >= 0.3 is 0 Å². The summed E-state index contributed by atoms with van der Waals surface area (Å²) in [5, 5.41) is 2.84. The molecule has 0 aromatic heterocycles. The van der Waals surface area contributed by atoms with E-state index in [9.17, 15) is 9.18 Å². The minimum absolute atomic E-state index is 0.178. The summed E-state index contributed by atoms with van der Waals surface area (Å²) in [6.45, 7) is 0.178. The van der Waals surface area contributed by atoms with Gasteiger partial charge in [-0.3, -0.25) is 4.79 Å². The van der Waals surface area contributed by atoms with Gasteiger partial charge in [0.15, 0.2) is 0 Å². The summed E-state index contributed by atoms with van der Waals surface area (Å²) >= 11 is 5.86. The highest BCUT2D eigenvalue weighted by Gasteiger charge is 2.09. The molecule has 0 spiro atoms. The van der Waals surface area contributed by atoms with Crippen LogP contribution in [0.4, 0.5) is 15.8 Å². The normalized spacial score (nSPS) is 10.2. The molecule has 0 atom stereocenters. The largest absolute Gasteiger partial charge is 0.365 e. The molecule has 0 bridgehead atoms. The molecule has 0 heterocycles. The van der Waals surface area contributed by atoms with Gasteiger partial charge in [-0.05, 0) is 30.3 Å². The number of hydrogen-bond acceptors (Lipinski definition) is 2. The average molecular weight is 293 g/mol. The number of anilines is 2. The number of nitrogens with one attached hydrogen (secondary N) is 1. The molecule has 1 amide bonds. The monoisotopic (exact) mass is 292 g/mol. The molecule has 3 nitrogen and oxygen atoms in total. The second-order valence-electron chi connectivity index (χ2n) is 4.36. The van der Waals surface area contributed by atoms with E-state index in [0.29, 0.717) is 5.69 Å². The molecule has 20 heavy (non-hydrogen) atoms. The number of para-hydroxylation sites is 1. The molecule has 5 heteroatoms. The van der Waals surface area contributed by atoms with Crippen molar-refractivity contribution in [3.05, 3.63) is 59.4 Å². The van der Waals surface area contributed by atoms with Gasteiger partial charge in [0.05, 0.1) is 17.3 Å². The number of hydrogen-bond donors (Lipinski definition) is 1. The number of halogens is 2. The average Bonchev–Trinajstić information content (AvgIpc) is 2.43. The third-order valence-corrected chi connectivity index (χ3v) is 3.10. The first kappa shape index (κ1) is 14.3. The van der Waals surface area contributed by atoms with Crippen LogP contribution in [-0.4, -0.2) is 19.5 Å². The third-order valence-electron chi connectivity index (χ3n) is 2.78. The van der Waals surface area contributed by atoms with Gasteiger partial charge in [-0.25, -0.2) is 4.39 Å². The fourth-order valence-electron chi connectivity index (χ4n) is 1.77. The Hall–Kier alpha value is -2.07. The summed E-state index contributed by atoms with van der Waals surface area (Å²) in [5.41, 5.74) is 1.34. The van der Waals surface area contributed by atoms with E-state index in [1.165, 1.54) is 12.1 Å². The van der Waals surface area contributed by atoms with Gasteiger partial charge in [0, 0.05) is 12.7 Å². The van der Waals surface area contributed by atoms with Gasteiger partial charge in [-0.1, -0.05) is 29.8 Å². The number of rotatable bonds is 4. The van der Waals surface area contributed by atoms with Crippen molar-refractivity contribution in [2.45, 2.75) is 0 Å². The van der Waals surface area contributed by atoms with Crippen LogP contribution in [0.25, 0.3) is 0 Å². The highest BCUT2D eigenvalue weighted by Crippen LogP contribution is 2.22. The summed E-state index contributed by atoms with van der Waals surface area (Å²) in [4.78, 5) is 13.7. The van der Waals surface area contributed by atoms with Gasteiger partial charge in [-0.2, -0.15) is 0 Å². The van der Waals surface area contributed by atoms with Gasteiger partial charge in [-0.15, -0.1) is 0 Å². The topological polar surface area (TPSA) is 32.3 Å². The Balaban J connectivity index is 1.99. The van der Waals surface area contributed by atoms with Gasteiger partial charge in [0.2, 0.25) is 5.91 Å². The zero-order valence-corrected chi connectivity index (χ0v) is 11.7. The maximum atomic E-state index is 12.9. The lowest BCUT2D eigenvalue weighted by Gasteiger charge is -2.18. The lowest BCUT2D eigenvalue weighted by atomic mass is 10.3. The maximum absolute atomic E-state index is 12.9. The molecule has 0 unspecified atom stereocenters. The van der Waals surface area contributed by atoms with E-state index < -0.39 is 5.82 Å². The number of amides is 1. The fraction of sp³-hybridized carbons (Fsp3) is 0.133. The van der Waals surface area contributed by atoms with E-state index in [1.54, 1.807) is 0 Å². The summed E-state index contributed by atoms with van der Waals surface area (Å²) in [7, 11) is 1.82. The van der Waals surface area contributed by atoms with E-state index in [0.717, 1.165) is 11.8 Å². The summed E-state index contributed by atoms with van der Waals surface area (Å²) < 4.78 is 12.9. The first-order chi connectivity index (χ1) is 9.56. The predicted octanol–water partition coefficient (Wildman–Crippen LogP) is 3.55. The standard InChI is InChI=1S/C15H14ClFN2O/c1-19(12-5-3-2-4-6-12)10-15(20)18-14-8-7-11(17)9-13(14)16/h2-9H,10H2,1H3,(H,18,20). The van der Waals surface area contributed by atoms with Crippen molar-refractivity contribution < 1.29 is 9.18 Å². The Kier molecular flexibility index (Phi) is 4.58. The smallest absolute Gasteiger partial charge is 0.243 e. The minimum atomic E-state index is -0.436. The van der Waals surface area contributed by atoms with Crippen LogP contribution in [0.5, 0.6) is 0 Å². The Bertz CT molecular complexity index is 604. The molecular formula is C15H14ClFN2O. The lowest BCUT2D eigenvalue weighted by Crippen LogP contribution is -2.30. The van der Waals surface area contributed by atoms with Crippen LogP contribution in [0.3, 0.4) is 0 Å². The number of likely N-dealkylation sites (N-methyl/N-ethyl adjacent to an activating group) is 1. The molecule has 0 radical (unpaired) electrons. The molecule has 2 rings (SSSR count). The van der Waals surface area contributed by atoms with E-state index in [4.69, 9.17) is 11.6 Å². The molecule has 0 fully saturated rings. The van der Waals surface area contributed by atoms with Gasteiger partial charge < -0.3 is 10.2 Å². The van der Waals surface area contributed by atoms with Gasteiger partial charge in [0.25, 0.3) is 0 Å². The first-order valence-electron chi connectivity index (χ1n) is 6.07. The van der Waals surface area contributed by atoms with Crippen molar-refractivity contribution >= 4 is 28.9 Å². The van der Waals surface area contributed by atoms with Crippen molar-refractivity contribution in [2.24, 2.45) is 0 Å². The van der Waals surface area contributed by atoms with Gasteiger partial charge in [0.1, 0.15) is 5.82 Å².